The van der Waals surface area contributed by atoms with E-state index in [0.717, 1.165) is 5.56 Å². The molecule has 0 saturated heterocycles. The molecular weight excluding hydrogens is 351 g/mol. The van der Waals surface area contributed by atoms with E-state index in [4.69, 9.17) is 32.7 Å². The molecule has 0 aliphatic rings. The van der Waals surface area contributed by atoms with Crippen LogP contribution in [0.25, 0.3) is 0 Å². The van der Waals surface area contributed by atoms with Crippen LogP contribution in [0.1, 0.15) is 21.5 Å². The molecule has 0 radical (unpaired) electrons. The van der Waals surface area contributed by atoms with E-state index in [2.05, 4.69) is 10.5 Å². The summed E-state index contributed by atoms with van der Waals surface area (Å²) >= 11 is 12.2. The Labute approximate surface area is 150 Å². The summed E-state index contributed by atoms with van der Waals surface area (Å²) < 4.78 is 10.4. The standard InChI is InChI=1S/C17H16Cl2N2O3/c1-10-4-5-12(14(19)6-10)17(22)21-20-9-11-7-15(23-2)16(24-3)8-13(11)18/h4-9H,1-3H3,(H,21,22)/b20-9-. The van der Waals surface area contributed by atoms with Crippen molar-refractivity contribution in [3.8, 4) is 11.5 Å². The Bertz CT molecular complexity index is 792. The predicted octanol–water partition coefficient (Wildman–Crippen LogP) is 4.08. The highest BCUT2D eigenvalue weighted by atomic mass is 35.5. The number of nitrogens with one attached hydrogen (secondary N) is 1. The number of halogens is 2. The van der Waals surface area contributed by atoms with Crippen molar-refractivity contribution in [2.75, 3.05) is 14.2 Å². The number of ether oxygens (including phenoxy) is 2. The zero-order chi connectivity index (χ0) is 17.7. The summed E-state index contributed by atoms with van der Waals surface area (Å²) in [5.41, 5.74) is 4.30. The summed E-state index contributed by atoms with van der Waals surface area (Å²) in [6.45, 7) is 1.89. The Morgan fingerprint density at radius 1 is 1.08 bits per heavy atom. The zero-order valence-electron chi connectivity index (χ0n) is 13.4. The number of rotatable bonds is 5. The lowest BCUT2D eigenvalue weighted by molar-refractivity contribution is 0.0955. The maximum Gasteiger partial charge on any atom is 0.272 e. The minimum Gasteiger partial charge on any atom is -0.493 e. The van der Waals surface area contributed by atoms with Crippen molar-refractivity contribution in [2.24, 2.45) is 5.10 Å². The van der Waals surface area contributed by atoms with Gasteiger partial charge in [-0.15, -0.1) is 0 Å². The third-order valence-electron chi connectivity index (χ3n) is 3.24. The number of hydrazone groups is 1. The fourth-order valence-electron chi connectivity index (χ4n) is 1.99. The highest BCUT2D eigenvalue weighted by Crippen LogP contribution is 2.32. The SMILES string of the molecule is COc1cc(Cl)c(/C=N\NC(=O)c2ccc(C)cc2Cl)cc1OC. The molecule has 1 N–H and O–H groups in total. The van der Waals surface area contributed by atoms with Crippen LogP contribution < -0.4 is 14.9 Å². The maximum absolute atomic E-state index is 12.1. The van der Waals surface area contributed by atoms with Crippen molar-refractivity contribution in [2.45, 2.75) is 6.92 Å². The first-order valence-corrected chi connectivity index (χ1v) is 7.73. The molecule has 2 aromatic carbocycles. The first kappa shape index (κ1) is 18.1. The maximum atomic E-state index is 12.1. The van der Waals surface area contributed by atoms with Gasteiger partial charge in [0.1, 0.15) is 0 Å². The fraction of sp³-hybridized carbons (Fsp3) is 0.176. The molecule has 1 amide bonds. The predicted molar refractivity (Wildman–Crippen MR) is 95.8 cm³/mol. The number of methoxy groups -OCH3 is 2. The van der Waals surface area contributed by atoms with Crippen LogP contribution >= 0.6 is 23.2 Å². The number of carbonyl (C=O) groups excluding carboxylic acids is 1. The Hall–Kier alpha value is -2.24. The van der Waals surface area contributed by atoms with Crippen LogP contribution in [-0.4, -0.2) is 26.3 Å². The van der Waals surface area contributed by atoms with Gasteiger partial charge in [-0.1, -0.05) is 29.3 Å². The van der Waals surface area contributed by atoms with Crippen LogP contribution in [0, 0.1) is 6.92 Å². The van der Waals surface area contributed by atoms with E-state index in [1.54, 1.807) is 30.3 Å². The Morgan fingerprint density at radius 3 is 2.38 bits per heavy atom. The van der Waals surface area contributed by atoms with Crippen LogP contribution in [0.5, 0.6) is 11.5 Å². The van der Waals surface area contributed by atoms with Crippen molar-refractivity contribution in [1.29, 1.82) is 0 Å². The molecule has 0 bridgehead atoms. The molecule has 0 spiro atoms. The lowest BCUT2D eigenvalue weighted by atomic mass is 10.1. The number of hydrogen-bond donors (Lipinski definition) is 1. The highest BCUT2D eigenvalue weighted by Gasteiger charge is 2.10. The van der Waals surface area contributed by atoms with Gasteiger partial charge in [-0.3, -0.25) is 4.79 Å². The average molecular weight is 367 g/mol. The van der Waals surface area contributed by atoms with Gasteiger partial charge in [0.05, 0.1) is 36.0 Å². The second-order valence-corrected chi connectivity index (χ2v) is 5.73. The van der Waals surface area contributed by atoms with Crippen LogP contribution in [-0.2, 0) is 0 Å². The van der Waals surface area contributed by atoms with Crippen LogP contribution in [0.15, 0.2) is 35.4 Å². The van der Waals surface area contributed by atoms with E-state index in [9.17, 15) is 4.79 Å². The Balaban J connectivity index is 2.15. The molecule has 0 heterocycles. The topological polar surface area (TPSA) is 59.9 Å². The van der Waals surface area contributed by atoms with Gasteiger partial charge in [-0.25, -0.2) is 5.43 Å². The van der Waals surface area contributed by atoms with E-state index in [0.29, 0.717) is 32.7 Å². The van der Waals surface area contributed by atoms with Gasteiger partial charge in [0.15, 0.2) is 11.5 Å². The van der Waals surface area contributed by atoms with Crippen molar-refractivity contribution >= 4 is 35.3 Å². The van der Waals surface area contributed by atoms with E-state index in [1.807, 2.05) is 6.92 Å². The third kappa shape index (κ3) is 4.19. The summed E-state index contributed by atoms with van der Waals surface area (Å²) in [6, 6.07) is 8.43. The molecule has 0 saturated carbocycles. The van der Waals surface area contributed by atoms with Gasteiger partial charge in [0, 0.05) is 11.6 Å². The first-order valence-electron chi connectivity index (χ1n) is 6.97. The van der Waals surface area contributed by atoms with Crippen molar-refractivity contribution < 1.29 is 14.3 Å². The van der Waals surface area contributed by atoms with Crippen molar-refractivity contribution in [3.63, 3.8) is 0 Å². The third-order valence-corrected chi connectivity index (χ3v) is 3.88. The lowest BCUT2D eigenvalue weighted by Gasteiger charge is -2.09. The smallest absolute Gasteiger partial charge is 0.272 e. The Kier molecular flexibility index (Phi) is 6.06. The molecule has 0 unspecified atom stereocenters. The molecular formula is C17H16Cl2N2O3. The molecule has 0 atom stereocenters. The van der Waals surface area contributed by atoms with Crippen molar-refractivity contribution in [3.05, 3.63) is 57.1 Å². The largest absolute Gasteiger partial charge is 0.493 e. The van der Waals surface area contributed by atoms with E-state index >= 15 is 0 Å². The van der Waals surface area contributed by atoms with E-state index in [-0.39, 0.29) is 0 Å². The molecule has 5 nitrogen and oxygen atoms in total. The monoisotopic (exact) mass is 366 g/mol. The van der Waals surface area contributed by atoms with Gasteiger partial charge in [-0.05, 0) is 30.7 Å². The summed E-state index contributed by atoms with van der Waals surface area (Å²) in [5.74, 6) is 0.610. The molecule has 0 aromatic heterocycles. The first-order chi connectivity index (χ1) is 11.5. The zero-order valence-corrected chi connectivity index (χ0v) is 14.9. The fourth-order valence-corrected chi connectivity index (χ4v) is 2.52. The Morgan fingerprint density at radius 2 is 1.75 bits per heavy atom. The normalized spacial score (nSPS) is 10.7. The molecule has 24 heavy (non-hydrogen) atoms. The molecule has 2 aromatic rings. The number of amides is 1. The summed E-state index contributed by atoms with van der Waals surface area (Å²) in [4.78, 5) is 12.1. The minimum atomic E-state index is -0.409. The molecule has 0 fully saturated rings. The number of hydrogen-bond acceptors (Lipinski definition) is 4. The second kappa shape index (κ2) is 8.04. The lowest BCUT2D eigenvalue weighted by Crippen LogP contribution is -2.18. The van der Waals surface area contributed by atoms with Gasteiger partial charge < -0.3 is 9.47 Å². The second-order valence-electron chi connectivity index (χ2n) is 4.91. The van der Waals surface area contributed by atoms with E-state index in [1.165, 1.54) is 20.4 Å². The van der Waals surface area contributed by atoms with Crippen molar-refractivity contribution in [1.82, 2.24) is 5.43 Å². The molecule has 7 heteroatoms. The number of benzene rings is 2. The van der Waals surface area contributed by atoms with Crippen LogP contribution in [0.3, 0.4) is 0 Å². The molecule has 0 aliphatic carbocycles. The summed E-state index contributed by atoms with van der Waals surface area (Å²) in [5, 5.41) is 4.69. The quantitative estimate of drug-likeness (QED) is 0.640. The van der Waals surface area contributed by atoms with Gasteiger partial charge in [0.2, 0.25) is 0 Å². The average Bonchev–Trinajstić information content (AvgIpc) is 2.55. The summed E-state index contributed by atoms with van der Waals surface area (Å²) in [6.07, 6.45) is 1.42. The summed E-state index contributed by atoms with van der Waals surface area (Å²) in [7, 11) is 3.04. The van der Waals surface area contributed by atoms with Crippen LogP contribution in [0.2, 0.25) is 10.0 Å². The number of nitrogens with zero attached hydrogens (tertiary/aromatic N) is 1. The molecule has 126 valence electrons. The highest BCUT2D eigenvalue weighted by molar-refractivity contribution is 6.34. The van der Waals surface area contributed by atoms with Gasteiger partial charge >= 0.3 is 0 Å². The van der Waals surface area contributed by atoms with Gasteiger partial charge in [-0.2, -0.15) is 5.10 Å². The number of aryl methyl sites for hydroxylation is 1. The van der Waals surface area contributed by atoms with E-state index < -0.39 is 5.91 Å². The minimum absolute atomic E-state index is 0.345. The molecule has 2 rings (SSSR count). The van der Waals surface area contributed by atoms with Crippen LogP contribution in [0.4, 0.5) is 0 Å². The number of carbonyl (C=O) groups is 1. The van der Waals surface area contributed by atoms with Gasteiger partial charge in [0.25, 0.3) is 5.91 Å². The molecule has 0 aliphatic heterocycles.